The lowest BCUT2D eigenvalue weighted by molar-refractivity contribution is -0.246. The quantitative estimate of drug-likeness (QED) is 0.166. The summed E-state index contributed by atoms with van der Waals surface area (Å²) in [5, 5.41) is 50.9. The number of aromatic hydroxyl groups is 2. The second-order valence-electron chi connectivity index (χ2n) is 21.6. The van der Waals surface area contributed by atoms with Crippen molar-refractivity contribution in [2.75, 3.05) is 6.79 Å². The highest BCUT2D eigenvalue weighted by atomic mass is 16.7. The largest absolute Gasteiger partial charge is 0.508 e. The third-order valence-electron chi connectivity index (χ3n) is 15.2. The van der Waals surface area contributed by atoms with E-state index in [1.54, 1.807) is 39.8 Å². The zero-order valence-corrected chi connectivity index (χ0v) is 45.5. The summed E-state index contributed by atoms with van der Waals surface area (Å²) >= 11 is 0. The van der Waals surface area contributed by atoms with Crippen LogP contribution in [-0.2, 0) is 58.9 Å². The number of esters is 2. The van der Waals surface area contributed by atoms with Gasteiger partial charge in [-0.05, 0) is 65.3 Å². The maximum atomic E-state index is 14.4. The van der Waals surface area contributed by atoms with Gasteiger partial charge in [-0.3, -0.25) is 33.6 Å². The Labute approximate surface area is 451 Å². The second-order valence-corrected chi connectivity index (χ2v) is 21.6. The van der Waals surface area contributed by atoms with Crippen molar-refractivity contribution in [1.29, 1.82) is 0 Å². The van der Waals surface area contributed by atoms with Crippen molar-refractivity contribution in [3.63, 3.8) is 0 Å². The zero-order valence-electron chi connectivity index (χ0n) is 45.5. The number of aliphatic hydroxyl groups is 2. The maximum Gasteiger partial charge on any atom is 0.312 e. The van der Waals surface area contributed by atoms with E-state index in [1.165, 1.54) is 84.9 Å². The van der Waals surface area contributed by atoms with Gasteiger partial charge in [-0.25, -0.2) is 0 Å². The standard InChI is InChI=1S/C57H70N2O19/c1-26-13-12-14-36(31(6)75-55(70)56(9,10)23-41(63)58-24-34-15-17-35(61)18-16-34)47(65)28(3)46(64)29(4)50(76-33(8)60)27(2)39(77-42-22-40-52(32(7)74-42)72-25-71-40)19-20-73-57(11)53(68)45-43-38(62)21-37(59-54(26)69)49(67)44(43)48(66)30(5)51(45)78-57/h12-21,27-29,31-32,36,39-40,42,46-47,50,52,61,64-66H,22-25H2,1-11H3,(H,58,63)(H,59,69)/b14-12+,20-19+,26-13-/t27-,28+,29-,31?,32-,36-,39+,40+,42+,46-,47-,50-,52-,57+/m1/s1. The summed E-state index contributed by atoms with van der Waals surface area (Å²) in [5.74, 6) is -12.6. The molecule has 422 valence electrons. The molecule has 6 aliphatic rings. The number of phenols is 2. The van der Waals surface area contributed by atoms with Crippen molar-refractivity contribution in [1.82, 2.24) is 10.6 Å². The third kappa shape index (κ3) is 12.4. The molecule has 2 amide bonds. The molecule has 21 heteroatoms. The van der Waals surface area contributed by atoms with Gasteiger partial charge in [0.1, 0.15) is 42.4 Å². The van der Waals surface area contributed by atoms with Crippen LogP contribution in [0, 0.1) is 36.0 Å². The number of Topliss-reactive ketones (excluding diaryl/α,β-unsaturated/α-hetero) is 2. The number of rotatable bonds is 10. The number of allylic oxidation sites excluding steroid dienone is 4. The van der Waals surface area contributed by atoms with Crippen LogP contribution in [0.2, 0.25) is 0 Å². The molecule has 2 fully saturated rings. The van der Waals surface area contributed by atoms with E-state index in [0.717, 1.165) is 12.3 Å². The SMILES string of the molecule is CC(=O)O[C@H]1[C@H](C)[C@H](O)[C@H](C)[C@@H](O)[C@@H](C(C)OC(=O)C(C)(C)CC(=O)NCc2ccc(O)cc2)/C=C/C=C(/C)C(=O)NC2=CC(=O)c3c(c(O)c(C)c4c3C(=O)[C@@](C)(O/C=C/[C@H](O[C@H]3C[C@@H]5OCO[C@@H]5[C@@H](C)O3)[C@H]1C)O4)C2=O. The number of carbonyl (C=O) groups is 7. The molecule has 0 spiro atoms. The van der Waals surface area contributed by atoms with Crippen molar-refractivity contribution in [2.45, 2.75) is 156 Å². The number of fused-ring (bicyclic) bond motifs is 15. The second kappa shape index (κ2) is 23.7. The normalized spacial score (nSPS) is 32.5. The number of phenolic OH excluding ortho intramolecular Hbond substituents is 2. The zero-order chi connectivity index (χ0) is 57.3. The number of hydrogen-bond donors (Lipinski definition) is 6. The lowest BCUT2D eigenvalue weighted by atomic mass is 9.77. The fraction of sp³-hybridized carbons (Fsp3) is 0.526. The lowest BCUT2D eigenvalue weighted by Crippen LogP contribution is -2.50. The molecule has 0 aromatic heterocycles. The predicted molar refractivity (Wildman–Crippen MR) is 275 cm³/mol. The van der Waals surface area contributed by atoms with Gasteiger partial charge in [-0.2, -0.15) is 0 Å². The van der Waals surface area contributed by atoms with Crippen LogP contribution in [0.15, 0.2) is 72.2 Å². The van der Waals surface area contributed by atoms with Crippen LogP contribution in [0.1, 0.15) is 124 Å². The molecular formula is C57H70N2O19. The van der Waals surface area contributed by atoms with Crippen LogP contribution in [0.3, 0.4) is 0 Å². The number of aliphatic hydroxyl groups excluding tert-OH is 2. The molecule has 2 aromatic carbocycles. The summed E-state index contributed by atoms with van der Waals surface area (Å²) in [6, 6.07) is 6.23. The molecule has 78 heavy (non-hydrogen) atoms. The van der Waals surface area contributed by atoms with Crippen molar-refractivity contribution in [3.05, 3.63) is 100.0 Å². The monoisotopic (exact) mass is 1090 g/mol. The van der Waals surface area contributed by atoms with Gasteiger partial charge in [-0.1, -0.05) is 51.1 Å². The van der Waals surface area contributed by atoms with Crippen LogP contribution in [0.5, 0.6) is 17.2 Å². The predicted octanol–water partition coefficient (Wildman–Crippen LogP) is 5.23. The van der Waals surface area contributed by atoms with Gasteiger partial charge in [0, 0.05) is 74.1 Å². The summed E-state index contributed by atoms with van der Waals surface area (Å²) in [4.78, 5) is 96.2. The molecule has 2 saturated heterocycles. The summed E-state index contributed by atoms with van der Waals surface area (Å²) in [7, 11) is 0. The van der Waals surface area contributed by atoms with Crippen LogP contribution >= 0.6 is 0 Å². The molecule has 1 unspecified atom stereocenters. The molecular weight excluding hydrogens is 1020 g/mol. The molecule has 21 nitrogen and oxygen atoms in total. The molecule has 5 bridgehead atoms. The highest BCUT2D eigenvalue weighted by Gasteiger charge is 2.52. The van der Waals surface area contributed by atoms with Gasteiger partial charge in [0.05, 0.1) is 64.6 Å². The first-order valence-electron chi connectivity index (χ1n) is 25.9. The minimum Gasteiger partial charge on any atom is -0.508 e. The third-order valence-corrected chi connectivity index (χ3v) is 15.2. The van der Waals surface area contributed by atoms with Crippen LogP contribution in [0.25, 0.3) is 0 Å². The summed E-state index contributed by atoms with van der Waals surface area (Å²) in [6.45, 7) is 16.6. The maximum absolute atomic E-state index is 14.4. The fourth-order valence-electron chi connectivity index (χ4n) is 10.4. The molecule has 5 heterocycles. The number of ether oxygens (including phenoxy) is 8. The number of hydrogen-bond acceptors (Lipinski definition) is 19. The van der Waals surface area contributed by atoms with E-state index in [0.29, 0.717) is 5.56 Å². The molecule has 14 atom stereocenters. The Kier molecular flexibility index (Phi) is 17.9. The Hall–Kier alpha value is -6.75. The van der Waals surface area contributed by atoms with Gasteiger partial charge in [0.25, 0.3) is 11.7 Å². The molecule has 1 aliphatic carbocycles. The minimum absolute atomic E-state index is 0.0161. The molecule has 5 aliphatic heterocycles. The van der Waals surface area contributed by atoms with Crippen molar-refractivity contribution in [2.24, 2.45) is 29.1 Å². The number of ketones is 3. The minimum atomic E-state index is -2.19. The summed E-state index contributed by atoms with van der Waals surface area (Å²) < 4.78 is 48.5. The summed E-state index contributed by atoms with van der Waals surface area (Å²) in [6.07, 6.45) is -1.09. The van der Waals surface area contributed by atoms with Gasteiger partial charge < -0.3 is 69.0 Å². The molecule has 2 aromatic rings. The van der Waals surface area contributed by atoms with E-state index >= 15 is 0 Å². The first-order valence-corrected chi connectivity index (χ1v) is 25.9. The first-order chi connectivity index (χ1) is 36.6. The average Bonchev–Trinajstić information content (AvgIpc) is 3.97. The number of benzene rings is 2. The lowest BCUT2D eigenvalue weighted by Gasteiger charge is -2.41. The Morgan fingerprint density at radius 3 is 2.29 bits per heavy atom. The van der Waals surface area contributed by atoms with Gasteiger partial charge in [0.15, 0.2) is 12.1 Å². The Morgan fingerprint density at radius 1 is 0.923 bits per heavy atom. The van der Waals surface area contributed by atoms with Crippen molar-refractivity contribution < 1.29 is 91.9 Å². The average molecular weight is 1090 g/mol. The fourth-order valence-corrected chi connectivity index (χ4v) is 10.4. The van der Waals surface area contributed by atoms with Gasteiger partial charge in [-0.15, -0.1) is 0 Å². The van der Waals surface area contributed by atoms with E-state index in [-0.39, 0.29) is 60.5 Å². The number of amides is 2. The first kappa shape index (κ1) is 58.9. The number of nitrogens with one attached hydrogen (secondary N) is 2. The molecule has 8 rings (SSSR count). The van der Waals surface area contributed by atoms with E-state index in [1.807, 2.05) is 0 Å². The smallest absolute Gasteiger partial charge is 0.312 e. The Balaban J connectivity index is 1.25. The molecule has 0 radical (unpaired) electrons. The molecule has 6 N–H and O–H groups in total. The van der Waals surface area contributed by atoms with E-state index in [9.17, 15) is 54.0 Å². The van der Waals surface area contributed by atoms with Crippen molar-refractivity contribution in [3.8, 4) is 17.2 Å². The number of carbonyl (C=O) groups excluding carboxylic acids is 7. The van der Waals surface area contributed by atoms with E-state index in [2.05, 4.69) is 10.6 Å². The van der Waals surface area contributed by atoms with E-state index in [4.69, 9.17) is 37.9 Å². The van der Waals surface area contributed by atoms with Crippen LogP contribution < -0.4 is 15.4 Å². The molecule has 0 saturated carbocycles. The summed E-state index contributed by atoms with van der Waals surface area (Å²) in [5.41, 5.74) is -2.59. The van der Waals surface area contributed by atoms with Gasteiger partial charge in [0.2, 0.25) is 11.7 Å². The topological polar surface area (TPSA) is 298 Å². The van der Waals surface area contributed by atoms with E-state index < -0.39 is 148 Å². The highest BCUT2D eigenvalue weighted by molar-refractivity contribution is 6.30. The van der Waals surface area contributed by atoms with Crippen LogP contribution in [0.4, 0.5) is 0 Å². The Morgan fingerprint density at radius 2 is 1.62 bits per heavy atom. The van der Waals surface area contributed by atoms with Crippen molar-refractivity contribution >= 4 is 41.1 Å². The van der Waals surface area contributed by atoms with Gasteiger partial charge >= 0.3 is 17.7 Å². The Bertz CT molecular complexity index is 2820. The van der Waals surface area contributed by atoms with Crippen LogP contribution in [-0.4, -0.2) is 129 Å². The highest BCUT2D eigenvalue weighted by Crippen LogP contribution is 2.48.